The maximum Gasteiger partial charge on any atom is 0.119 e. The Morgan fingerprint density at radius 3 is 2.59 bits per heavy atom. The zero-order valence-electron chi connectivity index (χ0n) is 10.5. The monoisotopic (exact) mass is 235 g/mol. The van der Waals surface area contributed by atoms with E-state index in [1.54, 1.807) is 0 Å². The molecule has 1 aliphatic heterocycles. The van der Waals surface area contributed by atoms with Crippen molar-refractivity contribution in [3.05, 3.63) is 30.3 Å². The molecule has 1 aliphatic rings. The highest BCUT2D eigenvalue weighted by Gasteiger charge is 2.19. The van der Waals surface area contributed by atoms with Gasteiger partial charge in [0.15, 0.2) is 0 Å². The Morgan fingerprint density at radius 1 is 1.24 bits per heavy atom. The fourth-order valence-electron chi connectivity index (χ4n) is 2.13. The molecule has 3 heteroatoms. The molecule has 1 fully saturated rings. The standard InChI is InChI=1S/C14H21NO2/c1-2-13(15-8-10-16-11-9-15)12-17-14-6-4-3-5-7-14/h3-7,13H,2,8-12H2,1H3. The van der Waals surface area contributed by atoms with Crippen molar-refractivity contribution in [1.82, 2.24) is 4.90 Å². The van der Waals surface area contributed by atoms with Crippen LogP contribution < -0.4 is 4.74 Å². The van der Waals surface area contributed by atoms with Crippen LogP contribution >= 0.6 is 0 Å². The zero-order valence-corrected chi connectivity index (χ0v) is 10.5. The first-order valence-corrected chi connectivity index (χ1v) is 6.40. The summed E-state index contributed by atoms with van der Waals surface area (Å²) >= 11 is 0. The van der Waals surface area contributed by atoms with Crippen LogP contribution in [-0.4, -0.2) is 43.9 Å². The SMILES string of the molecule is CCC(COc1ccccc1)N1CCOCC1. The maximum absolute atomic E-state index is 5.83. The van der Waals surface area contributed by atoms with Gasteiger partial charge in [0, 0.05) is 19.1 Å². The number of hydrogen-bond donors (Lipinski definition) is 0. The fraction of sp³-hybridized carbons (Fsp3) is 0.571. The van der Waals surface area contributed by atoms with Crippen LogP contribution in [0.15, 0.2) is 30.3 Å². The van der Waals surface area contributed by atoms with E-state index < -0.39 is 0 Å². The van der Waals surface area contributed by atoms with Crippen molar-refractivity contribution in [2.24, 2.45) is 0 Å². The highest BCUT2D eigenvalue weighted by atomic mass is 16.5. The summed E-state index contributed by atoms with van der Waals surface area (Å²) in [6, 6.07) is 10.5. The van der Waals surface area contributed by atoms with E-state index in [0.717, 1.165) is 45.1 Å². The van der Waals surface area contributed by atoms with Gasteiger partial charge in [0.25, 0.3) is 0 Å². The highest BCUT2D eigenvalue weighted by molar-refractivity contribution is 5.20. The lowest BCUT2D eigenvalue weighted by Crippen LogP contribution is -2.45. The predicted octanol–water partition coefficient (Wildman–Crippen LogP) is 2.18. The molecule has 1 aromatic rings. The van der Waals surface area contributed by atoms with Gasteiger partial charge >= 0.3 is 0 Å². The molecule has 1 heterocycles. The third-order valence-corrected chi connectivity index (χ3v) is 3.22. The van der Waals surface area contributed by atoms with Gasteiger partial charge in [0.2, 0.25) is 0 Å². The molecule has 0 saturated carbocycles. The summed E-state index contributed by atoms with van der Waals surface area (Å²) in [5.74, 6) is 0.958. The number of rotatable bonds is 5. The van der Waals surface area contributed by atoms with Crippen molar-refractivity contribution in [3.63, 3.8) is 0 Å². The Hall–Kier alpha value is -1.06. The van der Waals surface area contributed by atoms with Gasteiger partial charge in [0.1, 0.15) is 12.4 Å². The van der Waals surface area contributed by atoms with Crippen molar-refractivity contribution in [2.45, 2.75) is 19.4 Å². The predicted molar refractivity (Wildman–Crippen MR) is 68.4 cm³/mol. The zero-order chi connectivity index (χ0) is 11.9. The normalized spacial score (nSPS) is 18.9. The van der Waals surface area contributed by atoms with Crippen LogP contribution in [0.3, 0.4) is 0 Å². The van der Waals surface area contributed by atoms with Gasteiger partial charge in [-0.1, -0.05) is 25.1 Å². The van der Waals surface area contributed by atoms with Crippen LogP contribution in [0, 0.1) is 0 Å². The summed E-state index contributed by atoms with van der Waals surface area (Å²) in [7, 11) is 0. The largest absolute Gasteiger partial charge is 0.492 e. The molecule has 1 unspecified atom stereocenters. The quantitative estimate of drug-likeness (QED) is 0.780. The summed E-state index contributed by atoms with van der Waals surface area (Å²) in [5.41, 5.74) is 0. The number of para-hydroxylation sites is 1. The molecule has 0 aromatic heterocycles. The number of benzene rings is 1. The minimum absolute atomic E-state index is 0.499. The molecule has 1 atom stereocenters. The average molecular weight is 235 g/mol. The Labute approximate surface area is 103 Å². The Morgan fingerprint density at radius 2 is 1.94 bits per heavy atom. The van der Waals surface area contributed by atoms with E-state index in [1.165, 1.54) is 0 Å². The molecule has 94 valence electrons. The highest BCUT2D eigenvalue weighted by Crippen LogP contribution is 2.12. The number of morpholine rings is 1. The topological polar surface area (TPSA) is 21.7 Å². The molecule has 0 bridgehead atoms. The van der Waals surface area contributed by atoms with Crippen molar-refractivity contribution in [3.8, 4) is 5.75 Å². The van der Waals surface area contributed by atoms with E-state index in [2.05, 4.69) is 11.8 Å². The van der Waals surface area contributed by atoms with Gasteiger partial charge in [-0.25, -0.2) is 0 Å². The maximum atomic E-state index is 5.83. The van der Waals surface area contributed by atoms with E-state index in [4.69, 9.17) is 9.47 Å². The Kier molecular flexibility index (Phi) is 4.83. The van der Waals surface area contributed by atoms with Gasteiger partial charge < -0.3 is 9.47 Å². The van der Waals surface area contributed by atoms with Crippen LogP contribution in [0.25, 0.3) is 0 Å². The van der Waals surface area contributed by atoms with Crippen molar-refractivity contribution >= 4 is 0 Å². The molecular weight excluding hydrogens is 214 g/mol. The van der Waals surface area contributed by atoms with E-state index in [9.17, 15) is 0 Å². The first kappa shape index (κ1) is 12.4. The molecule has 0 N–H and O–H groups in total. The molecule has 2 rings (SSSR count). The molecule has 0 aliphatic carbocycles. The molecular formula is C14H21NO2. The van der Waals surface area contributed by atoms with Gasteiger partial charge in [-0.2, -0.15) is 0 Å². The van der Waals surface area contributed by atoms with Gasteiger partial charge in [-0.3, -0.25) is 4.90 Å². The molecule has 0 amide bonds. The molecule has 0 spiro atoms. The summed E-state index contributed by atoms with van der Waals surface area (Å²) in [4.78, 5) is 2.46. The minimum Gasteiger partial charge on any atom is -0.492 e. The first-order valence-electron chi connectivity index (χ1n) is 6.40. The smallest absolute Gasteiger partial charge is 0.119 e. The lowest BCUT2D eigenvalue weighted by molar-refractivity contribution is 0.00516. The van der Waals surface area contributed by atoms with Crippen molar-refractivity contribution in [2.75, 3.05) is 32.9 Å². The summed E-state index contributed by atoms with van der Waals surface area (Å²) in [5, 5.41) is 0. The Bertz CT molecular complexity index is 309. The molecule has 17 heavy (non-hydrogen) atoms. The fourth-order valence-corrected chi connectivity index (χ4v) is 2.13. The van der Waals surface area contributed by atoms with Crippen LogP contribution in [0.1, 0.15) is 13.3 Å². The second-order valence-electron chi connectivity index (χ2n) is 4.33. The number of nitrogens with zero attached hydrogens (tertiary/aromatic N) is 1. The van der Waals surface area contributed by atoms with Gasteiger partial charge in [-0.15, -0.1) is 0 Å². The second kappa shape index (κ2) is 6.62. The second-order valence-corrected chi connectivity index (χ2v) is 4.33. The van der Waals surface area contributed by atoms with Crippen LogP contribution in [0.2, 0.25) is 0 Å². The van der Waals surface area contributed by atoms with Crippen LogP contribution in [0.5, 0.6) is 5.75 Å². The lowest BCUT2D eigenvalue weighted by Gasteiger charge is -2.33. The summed E-state index contributed by atoms with van der Waals surface area (Å²) < 4.78 is 11.2. The summed E-state index contributed by atoms with van der Waals surface area (Å²) in [6.45, 7) is 6.73. The molecule has 1 saturated heterocycles. The first-order chi connectivity index (χ1) is 8.40. The van der Waals surface area contributed by atoms with Crippen molar-refractivity contribution in [1.29, 1.82) is 0 Å². The van der Waals surface area contributed by atoms with Gasteiger partial charge in [0.05, 0.1) is 13.2 Å². The molecule has 3 nitrogen and oxygen atoms in total. The Balaban J connectivity index is 1.82. The third kappa shape index (κ3) is 3.72. The molecule has 0 radical (unpaired) electrons. The van der Waals surface area contributed by atoms with E-state index >= 15 is 0 Å². The van der Waals surface area contributed by atoms with Crippen molar-refractivity contribution < 1.29 is 9.47 Å². The van der Waals surface area contributed by atoms with Crippen LogP contribution in [0.4, 0.5) is 0 Å². The third-order valence-electron chi connectivity index (χ3n) is 3.22. The average Bonchev–Trinajstić information content (AvgIpc) is 2.42. The molecule has 1 aromatic carbocycles. The minimum atomic E-state index is 0.499. The lowest BCUT2D eigenvalue weighted by atomic mass is 10.2. The van der Waals surface area contributed by atoms with Crippen LogP contribution in [-0.2, 0) is 4.74 Å². The van der Waals surface area contributed by atoms with E-state index in [1.807, 2.05) is 30.3 Å². The summed E-state index contributed by atoms with van der Waals surface area (Å²) in [6.07, 6.45) is 1.12. The van der Waals surface area contributed by atoms with Gasteiger partial charge in [-0.05, 0) is 18.6 Å². The number of ether oxygens (including phenoxy) is 2. The van der Waals surface area contributed by atoms with E-state index in [-0.39, 0.29) is 0 Å². The number of hydrogen-bond acceptors (Lipinski definition) is 3. The van der Waals surface area contributed by atoms with E-state index in [0.29, 0.717) is 6.04 Å².